The SMILES string of the molecule is C=CCn1/c(=N/S(=O)(=O)c2ccc(F)cc2)sc2cc(OC)c(OC)cc21. The number of rotatable bonds is 6. The van der Waals surface area contributed by atoms with Gasteiger partial charge in [0, 0.05) is 18.7 Å². The van der Waals surface area contributed by atoms with Crippen LogP contribution in [0, 0.1) is 5.82 Å². The lowest BCUT2D eigenvalue weighted by Crippen LogP contribution is -2.16. The second-order valence-corrected chi connectivity index (χ2v) is 8.09. The maximum Gasteiger partial charge on any atom is 0.285 e. The van der Waals surface area contributed by atoms with E-state index in [0.29, 0.717) is 18.0 Å². The molecule has 0 aliphatic carbocycles. The number of aromatic nitrogens is 1. The van der Waals surface area contributed by atoms with E-state index in [9.17, 15) is 12.8 Å². The molecule has 0 aliphatic heterocycles. The minimum absolute atomic E-state index is 0.0818. The van der Waals surface area contributed by atoms with Gasteiger partial charge in [-0.05, 0) is 24.3 Å². The van der Waals surface area contributed by atoms with Gasteiger partial charge in [-0.25, -0.2) is 4.39 Å². The zero-order valence-corrected chi connectivity index (χ0v) is 16.3. The highest BCUT2D eigenvalue weighted by Gasteiger charge is 2.16. The fraction of sp³-hybridized carbons (Fsp3) is 0.167. The third kappa shape index (κ3) is 3.74. The summed E-state index contributed by atoms with van der Waals surface area (Å²) in [6.45, 7) is 4.07. The van der Waals surface area contributed by atoms with Gasteiger partial charge < -0.3 is 14.0 Å². The predicted molar refractivity (Wildman–Crippen MR) is 102 cm³/mol. The molecule has 0 bridgehead atoms. The summed E-state index contributed by atoms with van der Waals surface area (Å²) in [6, 6.07) is 8.07. The number of allylic oxidation sites excluding steroid dienone is 1. The summed E-state index contributed by atoms with van der Waals surface area (Å²) in [5, 5.41) is 0. The molecular formula is C18H17FN2O4S2. The Morgan fingerprint density at radius 1 is 1.19 bits per heavy atom. The molecule has 2 aromatic carbocycles. The van der Waals surface area contributed by atoms with Gasteiger partial charge in [-0.1, -0.05) is 17.4 Å². The van der Waals surface area contributed by atoms with Crippen molar-refractivity contribution in [1.29, 1.82) is 0 Å². The quantitative estimate of drug-likeness (QED) is 0.587. The van der Waals surface area contributed by atoms with E-state index in [4.69, 9.17) is 9.47 Å². The van der Waals surface area contributed by atoms with E-state index in [1.165, 1.54) is 37.7 Å². The van der Waals surface area contributed by atoms with Crippen LogP contribution in [-0.2, 0) is 16.6 Å². The third-order valence-corrected chi connectivity index (χ3v) is 6.25. The minimum atomic E-state index is -4.00. The highest BCUT2D eigenvalue weighted by atomic mass is 32.2. The molecule has 0 unspecified atom stereocenters. The van der Waals surface area contributed by atoms with Crippen molar-refractivity contribution in [3.63, 3.8) is 0 Å². The molecule has 1 heterocycles. The fourth-order valence-corrected chi connectivity index (χ4v) is 4.79. The van der Waals surface area contributed by atoms with Crippen LogP contribution in [0.4, 0.5) is 4.39 Å². The van der Waals surface area contributed by atoms with E-state index in [2.05, 4.69) is 11.0 Å². The van der Waals surface area contributed by atoms with Crippen molar-refractivity contribution in [2.24, 2.45) is 4.40 Å². The molecule has 1 aromatic heterocycles. The zero-order valence-electron chi connectivity index (χ0n) is 14.7. The highest BCUT2D eigenvalue weighted by molar-refractivity contribution is 7.90. The molecule has 9 heteroatoms. The number of hydrogen-bond donors (Lipinski definition) is 0. The van der Waals surface area contributed by atoms with Crippen LogP contribution in [0.5, 0.6) is 11.5 Å². The van der Waals surface area contributed by atoms with Gasteiger partial charge in [0.05, 0.1) is 29.3 Å². The van der Waals surface area contributed by atoms with Crippen LogP contribution >= 0.6 is 11.3 Å². The lowest BCUT2D eigenvalue weighted by Gasteiger charge is -2.08. The summed E-state index contributed by atoms with van der Waals surface area (Å²) >= 11 is 1.20. The Hall–Kier alpha value is -2.65. The van der Waals surface area contributed by atoms with Gasteiger partial charge in [-0.3, -0.25) is 0 Å². The maximum absolute atomic E-state index is 13.1. The van der Waals surface area contributed by atoms with E-state index in [1.54, 1.807) is 22.8 Å². The van der Waals surface area contributed by atoms with Gasteiger partial charge in [0.15, 0.2) is 11.5 Å². The van der Waals surface area contributed by atoms with Gasteiger partial charge in [-0.2, -0.15) is 8.42 Å². The number of ether oxygens (including phenoxy) is 2. The molecule has 27 heavy (non-hydrogen) atoms. The smallest absolute Gasteiger partial charge is 0.285 e. The number of thiazole rings is 1. The van der Waals surface area contributed by atoms with Crippen LogP contribution in [0.25, 0.3) is 10.2 Å². The normalized spacial score (nSPS) is 12.3. The maximum atomic E-state index is 13.1. The molecular weight excluding hydrogens is 391 g/mol. The molecule has 6 nitrogen and oxygen atoms in total. The summed E-state index contributed by atoms with van der Waals surface area (Å²) < 4.78 is 55.4. The second kappa shape index (κ2) is 7.53. The van der Waals surface area contributed by atoms with Crippen molar-refractivity contribution in [3.05, 3.63) is 59.7 Å². The highest BCUT2D eigenvalue weighted by Crippen LogP contribution is 2.33. The van der Waals surface area contributed by atoms with Crippen LogP contribution in [0.3, 0.4) is 0 Å². The second-order valence-electron chi connectivity index (χ2n) is 5.48. The first kappa shape index (κ1) is 19.1. The van der Waals surface area contributed by atoms with E-state index < -0.39 is 15.8 Å². The number of methoxy groups -OCH3 is 2. The van der Waals surface area contributed by atoms with Crippen LogP contribution in [0.2, 0.25) is 0 Å². The molecule has 0 saturated heterocycles. The fourth-order valence-electron chi connectivity index (χ4n) is 2.53. The van der Waals surface area contributed by atoms with Crippen LogP contribution < -0.4 is 14.3 Å². The van der Waals surface area contributed by atoms with Gasteiger partial charge in [0.25, 0.3) is 10.0 Å². The minimum Gasteiger partial charge on any atom is -0.493 e. The monoisotopic (exact) mass is 408 g/mol. The first-order chi connectivity index (χ1) is 12.9. The summed E-state index contributed by atoms with van der Waals surface area (Å²) in [7, 11) is -0.946. The summed E-state index contributed by atoms with van der Waals surface area (Å²) in [6.07, 6.45) is 1.65. The molecule has 142 valence electrons. The number of hydrogen-bond acceptors (Lipinski definition) is 5. The largest absolute Gasteiger partial charge is 0.493 e. The molecule has 0 atom stereocenters. The Kier molecular flexibility index (Phi) is 5.33. The van der Waals surface area contributed by atoms with Gasteiger partial charge in [0.2, 0.25) is 4.80 Å². The Labute approximate surface area is 159 Å². The Bertz CT molecular complexity index is 1160. The number of halogens is 1. The number of nitrogens with zero attached hydrogens (tertiary/aromatic N) is 2. The molecule has 0 aliphatic rings. The summed E-state index contributed by atoms with van der Waals surface area (Å²) in [4.78, 5) is 0.186. The molecule has 0 spiro atoms. The summed E-state index contributed by atoms with van der Waals surface area (Å²) in [5.74, 6) is 0.537. The number of sulfonamides is 1. The van der Waals surface area contributed by atoms with Gasteiger partial charge in [-0.15, -0.1) is 11.0 Å². The van der Waals surface area contributed by atoms with Crippen LogP contribution in [-0.4, -0.2) is 27.2 Å². The Morgan fingerprint density at radius 2 is 1.81 bits per heavy atom. The van der Waals surface area contributed by atoms with Crippen molar-refractivity contribution in [3.8, 4) is 11.5 Å². The first-order valence-electron chi connectivity index (χ1n) is 7.82. The van der Waals surface area contributed by atoms with E-state index >= 15 is 0 Å². The van der Waals surface area contributed by atoms with Crippen LogP contribution in [0.15, 0.2) is 58.3 Å². The molecule has 0 amide bonds. The number of fused-ring (bicyclic) bond motifs is 1. The molecule has 0 N–H and O–H groups in total. The average molecular weight is 408 g/mol. The molecule has 0 saturated carbocycles. The summed E-state index contributed by atoms with van der Waals surface area (Å²) in [5.41, 5.74) is 0.741. The standard InChI is InChI=1S/C18H17FN2O4S2/c1-4-9-21-14-10-15(24-2)16(25-3)11-17(14)26-18(21)20-27(22,23)13-7-5-12(19)6-8-13/h4-8,10-11H,1,9H2,2-3H3/b20-18-. The Balaban J connectivity index is 2.26. The number of benzene rings is 2. The lowest BCUT2D eigenvalue weighted by atomic mass is 10.3. The van der Waals surface area contributed by atoms with E-state index in [1.807, 2.05) is 0 Å². The average Bonchev–Trinajstić information content (AvgIpc) is 2.96. The molecule has 3 aromatic rings. The Morgan fingerprint density at radius 3 is 2.41 bits per heavy atom. The van der Waals surface area contributed by atoms with E-state index in [0.717, 1.165) is 22.3 Å². The zero-order chi connectivity index (χ0) is 19.6. The van der Waals surface area contributed by atoms with Crippen LogP contribution in [0.1, 0.15) is 0 Å². The first-order valence-corrected chi connectivity index (χ1v) is 10.1. The topological polar surface area (TPSA) is 69.9 Å². The van der Waals surface area contributed by atoms with E-state index in [-0.39, 0.29) is 9.70 Å². The molecule has 0 fully saturated rings. The van der Waals surface area contributed by atoms with Crippen molar-refractivity contribution in [2.45, 2.75) is 11.4 Å². The van der Waals surface area contributed by atoms with Crippen molar-refractivity contribution in [1.82, 2.24) is 4.57 Å². The molecule has 3 rings (SSSR count). The van der Waals surface area contributed by atoms with Crippen molar-refractivity contribution in [2.75, 3.05) is 14.2 Å². The van der Waals surface area contributed by atoms with Gasteiger partial charge >= 0.3 is 0 Å². The predicted octanol–water partition coefficient (Wildman–Crippen LogP) is 3.33. The lowest BCUT2D eigenvalue weighted by molar-refractivity contribution is 0.355. The van der Waals surface area contributed by atoms with Gasteiger partial charge in [0.1, 0.15) is 5.82 Å². The van der Waals surface area contributed by atoms with Crippen molar-refractivity contribution < 1.29 is 22.3 Å². The molecule has 0 radical (unpaired) electrons. The third-order valence-electron chi connectivity index (χ3n) is 3.81. The van der Waals surface area contributed by atoms with Crippen molar-refractivity contribution >= 4 is 31.6 Å².